The Morgan fingerprint density at radius 3 is 2.59 bits per heavy atom. The number of benzene rings is 1. The number of amides is 1. The monoisotopic (exact) mass is 315 g/mol. The molecule has 1 amide bonds. The van der Waals surface area contributed by atoms with Gasteiger partial charge < -0.3 is 10.1 Å². The lowest BCUT2D eigenvalue weighted by atomic mass is 9.74. The molecule has 0 saturated carbocycles. The molecule has 1 unspecified atom stereocenters. The Kier molecular flexibility index (Phi) is 4.44. The van der Waals surface area contributed by atoms with Gasteiger partial charge in [0.25, 0.3) is 0 Å². The highest BCUT2D eigenvalue weighted by atomic mass is 19.4. The van der Waals surface area contributed by atoms with Gasteiger partial charge in [0, 0.05) is 18.4 Å². The van der Waals surface area contributed by atoms with E-state index in [-0.39, 0.29) is 37.5 Å². The molecule has 1 atom stereocenters. The fourth-order valence-corrected chi connectivity index (χ4v) is 2.79. The summed E-state index contributed by atoms with van der Waals surface area (Å²) >= 11 is 0. The van der Waals surface area contributed by atoms with E-state index in [1.165, 1.54) is 18.2 Å². The second-order valence-corrected chi connectivity index (χ2v) is 5.26. The molecule has 0 radical (unpaired) electrons. The zero-order valence-electron chi connectivity index (χ0n) is 12.0. The van der Waals surface area contributed by atoms with Crippen molar-refractivity contribution in [3.05, 3.63) is 35.4 Å². The van der Waals surface area contributed by atoms with Crippen LogP contribution < -0.4 is 5.32 Å². The second kappa shape index (κ2) is 5.98. The van der Waals surface area contributed by atoms with Crippen LogP contribution in [0.3, 0.4) is 0 Å². The Balaban J connectivity index is 2.47. The first kappa shape index (κ1) is 16.3. The lowest BCUT2D eigenvalue weighted by Crippen LogP contribution is -2.34. The molecule has 0 aromatic heterocycles. The summed E-state index contributed by atoms with van der Waals surface area (Å²) in [5.41, 5.74) is -2.10. The molecular weight excluding hydrogens is 299 g/mol. The van der Waals surface area contributed by atoms with Crippen molar-refractivity contribution in [1.82, 2.24) is 5.32 Å². The standard InChI is InChI=1S/C15H16F3NO3/c1-2-22-13(21)8-14(7-12(20)19-9-14)10-5-3-4-6-11(10)15(16,17)18/h3-6H,2,7-9H2,1H3,(H,19,20). The molecule has 1 fully saturated rings. The van der Waals surface area contributed by atoms with E-state index in [4.69, 9.17) is 4.74 Å². The average molecular weight is 315 g/mol. The fraction of sp³-hybridized carbons (Fsp3) is 0.467. The van der Waals surface area contributed by atoms with Crippen molar-refractivity contribution in [2.45, 2.75) is 31.4 Å². The number of ether oxygens (including phenoxy) is 1. The summed E-state index contributed by atoms with van der Waals surface area (Å²) in [5, 5.41) is 2.52. The van der Waals surface area contributed by atoms with Gasteiger partial charge in [0.1, 0.15) is 0 Å². The van der Waals surface area contributed by atoms with Crippen LogP contribution in [0.2, 0.25) is 0 Å². The number of alkyl halides is 3. The smallest absolute Gasteiger partial charge is 0.416 e. The molecule has 2 rings (SSSR count). The molecule has 22 heavy (non-hydrogen) atoms. The third-order valence-electron chi connectivity index (χ3n) is 3.71. The van der Waals surface area contributed by atoms with Gasteiger partial charge in [0.05, 0.1) is 18.6 Å². The fourth-order valence-electron chi connectivity index (χ4n) is 2.79. The number of carbonyl (C=O) groups is 2. The topological polar surface area (TPSA) is 55.4 Å². The highest BCUT2D eigenvalue weighted by Gasteiger charge is 2.47. The van der Waals surface area contributed by atoms with E-state index in [0.29, 0.717) is 0 Å². The van der Waals surface area contributed by atoms with Gasteiger partial charge in [-0.25, -0.2) is 0 Å². The predicted molar refractivity (Wildman–Crippen MR) is 72.0 cm³/mol. The highest BCUT2D eigenvalue weighted by Crippen LogP contribution is 2.42. The van der Waals surface area contributed by atoms with Crippen LogP contribution >= 0.6 is 0 Å². The average Bonchev–Trinajstić information content (AvgIpc) is 2.80. The number of hydrogen-bond donors (Lipinski definition) is 1. The summed E-state index contributed by atoms with van der Waals surface area (Å²) in [6.45, 7) is 1.74. The van der Waals surface area contributed by atoms with Gasteiger partial charge in [0.2, 0.25) is 5.91 Å². The van der Waals surface area contributed by atoms with Crippen LogP contribution in [-0.2, 0) is 25.9 Å². The Bertz CT molecular complexity index is 586. The van der Waals surface area contributed by atoms with Crippen LogP contribution in [0.4, 0.5) is 13.2 Å². The molecule has 1 aliphatic rings. The van der Waals surface area contributed by atoms with Crippen molar-refractivity contribution in [3.8, 4) is 0 Å². The van der Waals surface area contributed by atoms with Gasteiger partial charge in [-0.15, -0.1) is 0 Å². The number of nitrogens with one attached hydrogen (secondary N) is 1. The summed E-state index contributed by atoms with van der Waals surface area (Å²) in [6.07, 6.45) is -4.99. The van der Waals surface area contributed by atoms with Gasteiger partial charge in [-0.2, -0.15) is 13.2 Å². The maximum atomic E-state index is 13.2. The number of esters is 1. The number of carbonyl (C=O) groups excluding carboxylic acids is 2. The quantitative estimate of drug-likeness (QED) is 0.868. The first-order chi connectivity index (χ1) is 10.3. The van der Waals surface area contributed by atoms with Crippen LogP contribution in [0.25, 0.3) is 0 Å². The molecular formula is C15H16F3NO3. The summed E-state index contributed by atoms with van der Waals surface area (Å²) in [7, 11) is 0. The third kappa shape index (κ3) is 3.23. The molecule has 1 aromatic rings. The summed E-state index contributed by atoms with van der Waals surface area (Å²) in [4.78, 5) is 23.4. The van der Waals surface area contributed by atoms with Crippen LogP contribution in [0, 0.1) is 0 Å². The SMILES string of the molecule is CCOC(=O)CC1(c2ccccc2C(F)(F)F)CNC(=O)C1. The van der Waals surface area contributed by atoms with Crippen molar-refractivity contribution < 1.29 is 27.5 Å². The van der Waals surface area contributed by atoms with E-state index in [0.717, 1.165) is 6.07 Å². The van der Waals surface area contributed by atoms with Crippen LogP contribution in [0.15, 0.2) is 24.3 Å². The van der Waals surface area contributed by atoms with Gasteiger partial charge in [-0.05, 0) is 18.6 Å². The molecule has 0 spiro atoms. The molecule has 1 heterocycles. The first-order valence-electron chi connectivity index (χ1n) is 6.87. The maximum Gasteiger partial charge on any atom is 0.416 e. The van der Waals surface area contributed by atoms with Gasteiger partial charge >= 0.3 is 12.1 Å². The van der Waals surface area contributed by atoms with Crippen molar-refractivity contribution >= 4 is 11.9 Å². The zero-order valence-corrected chi connectivity index (χ0v) is 12.0. The van der Waals surface area contributed by atoms with Crippen LogP contribution in [-0.4, -0.2) is 25.0 Å². The van der Waals surface area contributed by atoms with Crippen LogP contribution in [0.1, 0.15) is 30.9 Å². The zero-order chi connectivity index (χ0) is 16.4. The minimum absolute atomic E-state index is 0.0161. The Morgan fingerprint density at radius 2 is 2.05 bits per heavy atom. The van der Waals surface area contributed by atoms with E-state index in [9.17, 15) is 22.8 Å². The molecule has 1 aliphatic heterocycles. The van der Waals surface area contributed by atoms with Crippen LogP contribution in [0.5, 0.6) is 0 Å². The number of hydrogen-bond acceptors (Lipinski definition) is 3. The second-order valence-electron chi connectivity index (χ2n) is 5.26. The summed E-state index contributed by atoms with van der Waals surface area (Å²) in [6, 6.07) is 5.04. The normalized spacial score (nSPS) is 21.5. The van der Waals surface area contributed by atoms with Crippen molar-refractivity contribution in [1.29, 1.82) is 0 Å². The lowest BCUT2D eigenvalue weighted by Gasteiger charge is -2.29. The molecule has 1 aromatic carbocycles. The van der Waals surface area contributed by atoms with E-state index < -0.39 is 23.1 Å². The van der Waals surface area contributed by atoms with Gasteiger partial charge in [-0.1, -0.05) is 18.2 Å². The van der Waals surface area contributed by atoms with E-state index >= 15 is 0 Å². The summed E-state index contributed by atoms with van der Waals surface area (Å²) < 4.78 is 44.6. The number of halogens is 3. The third-order valence-corrected chi connectivity index (χ3v) is 3.71. The van der Waals surface area contributed by atoms with Crippen molar-refractivity contribution in [2.24, 2.45) is 0 Å². The first-order valence-corrected chi connectivity index (χ1v) is 6.87. The molecule has 0 aliphatic carbocycles. The van der Waals surface area contributed by atoms with Crippen molar-refractivity contribution in [3.63, 3.8) is 0 Å². The Morgan fingerprint density at radius 1 is 1.36 bits per heavy atom. The van der Waals surface area contributed by atoms with Gasteiger partial charge in [0.15, 0.2) is 0 Å². The summed E-state index contributed by atoms with van der Waals surface area (Å²) in [5.74, 6) is -0.989. The molecule has 1 N–H and O–H groups in total. The maximum absolute atomic E-state index is 13.2. The molecule has 0 bridgehead atoms. The Hall–Kier alpha value is -2.05. The largest absolute Gasteiger partial charge is 0.466 e. The predicted octanol–water partition coefficient (Wildman–Crippen LogP) is 2.42. The van der Waals surface area contributed by atoms with Crippen molar-refractivity contribution in [2.75, 3.05) is 13.2 Å². The van der Waals surface area contributed by atoms with E-state index in [1.807, 2.05) is 0 Å². The van der Waals surface area contributed by atoms with E-state index in [2.05, 4.69) is 5.32 Å². The highest BCUT2D eigenvalue weighted by molar-refractivity contribution is 5.83. The minimum atomic E-state index is -4.55. The number of rotatable bonds is 4. The molecule has 120 valence electrons. The van der Waals surface area contributed by atoms with Gasteiger partial charge in [-0.3, -0.25) is 9.59 Å². The minimum Gasteiger partial charge on any atom is -0.466 e. The molecule has 7 heteroatoms. The van der Waals surface area contributed by atoms with E-state index in [1.54, 1.807) is 6.92 Å². The molecule has 1 saturated heterocycles. The Labute approximate surface area is 125 Å². The lowest BCUT2D eigenvalue weighted by molar-refractivity contribution is -0.146. The molecule has 4 nitrogen and oxygen atoms in total.